The van der Waals surface area contributed by atoms with E-state index in [9.17, 15) is 0 Å². The molecule has 0 spiro atoms. The van der Waals surface area contributed by atoms with Crippen LogP contribution in [0.25, 0.3) is 22.2 Å². The number of aromatic nitrogens is 2. The van der Waals surface area contributed by atoms with E-state index in [-0.39, 0.29) is 0 Å². The largest absolute Gasteiger partial charge is 0.399 e. The third kappa shape index (κ3) is 1.56. The van der Waals surface area contributed by atoms with Gasteiger partial charge in [0, 0.05) is 34.5 Å². The highest BCUT2D eigenvalue weighted by Gasteiger charge is 2.08. The number of anilines is 1. The molecule has 0 saturated heterocycles. The average Bonchev–Trinajstić information content (AvgIpc) is 2.74. The summed E-state index contributed by atoms with van der Waals surface area (Å²) in [5, 5.41) is 1.18. The Morgan fingerprint density at radius 1 is 1.24 bits per heavy atom. The molecule has 0 unspecified atom stereocenters. The van der Waals surface area contributed by atoms with Crippen molar-refractivity contribution in [3.63, 3.8) is 0 Å². The fraction of sp³-hybridized carbons (Fsp3) is 0.0714. The van der Waals surface area contributed by atoms with Crippen molar-refractivity contribution >= 4 is 16.6 Å². The number of hydrogen-bond donors (Lipinski definition) is 2. The van der Waals surface area contributed by atoms with E-state index in [1.807, 2.05) is 12.3 Å². The average molecular weight is 223 g/mol. The van der Waals surface area contributed by atoms with Crippen LogP contribution in [0.1, 0.15) is 5.56 Å². The number of aromatic amines is 1. The van der Waals surface area contributed by atoms with E-state index in [0.29, 0.717) is 0 Å². The van der Waals surface area contributed by atoms with Gasteiger partial charge < -0.3 is 10.7 Å². The van der Waals surface area contributed by atoms with Crippen LogP contribution < -0.4 is 5.73 Å². The van der Waals surface area contributed by atoms with Gasteiger partial charge in [0.1, 0.15) is 0 Å². The fourth-order valence-electron chi connectivity index (χ4n) is 2.11. The molecule has 17 heavy (non-hydrogen) atoms. The molecule has 2 heterocycles. The maximum absolute atomic E-state index is 5.79. The van der Waals surface area contributed by atoms with Crippen molar-refractivity contribution in [3.05, 3.63) is 48.3 Å². The molecular weight excluding hydrogens is 210 g/mol. The topological polar surface area (TPSA) is 54.7 Å². The molecule has 0 aliphatic rings. The minimum absolute atomic E-state index is 0.733. The monoisotopic (exact) mass is 223 g/mol. The summed E-state index contributed by atoms with van der Waals surface area (Å²) in [6, 6.07) is 9.93. The molecule has 3 heteroatoms. The number of pyridine rings is 1. The molecule has 0 saturated carbocycles. The van der Waals surface area contributed by atoms with E-state index in [1.54, 1.807) is 12.3 Å². The van der Waals surface area contributed by atoms with Crippen molar-refractivity contribution in [2.75, 3.05) is 5.73 Å². The summed E-state index contributed by atoms with van der Waals surface area (Å²) < 4.78 is 0. The molecule has 0 radical (unpaired) electrons. The Balaban J connectivity index is 2.28. The van der Waals surface area contributed by atoms with Crippen LogP contribution in [0.15, 0.2) is 42.7 Å². The minimum Gasteiger partial charge on any atom is -0.399 e. The second-order valence-corrected chi connectivity index (χ2v) is 4.17. The van der Waals surface area contributed by atoms with E-state index in [4.69, 9.17) is 5.73 Å². The summed E-state index contributed by atoms with van der Waals surface area (Å²) in [6.45, 7) is 2.09. The molecule has 3 rings (SSSR count). The molecule has 1 aromatic carbocycles. The Bertz CT molecular complexity index is 683. The first-order valence-electron chi connectivity index (χ1n) is 5.54. The highest BCUT2D eigenvalue weighted by atomic mass is 14.7. The number of fused-ring (bicyclic) bond motifs is 1. The van der Waals surface area contributed by atoms with Gasteiger partial charge in [0.15, 0.2) is 0 Å². The van der Waals surface area contributed by atoms with Gasteiger partial charge in [-0.15, -0.1) is 0 Å². The van der Waals surface area contributed by atoms with Crippen molar-refractivity contribution in [1.82, 2.24) is 9.97 Å². The number of H-pyrrole nitrogens is 1. The van der Waals surface area contributed by atoms with Crippen LogP contribution in [0.2, 0.25) is 0 Å². The van der Waals surface area contributed by atoms with Crippen molar-refractivity contribution < 1.29 is 0 Å². The molecule has 2 aromatic heterocycles. The van der Waals surface area contributed by atoms with E-state index < -0.39 is 0 Å². The molecule has 3 nitrogen and oxygen atoms in total. The number of hydrogen-bond acceptors (Lipinski definition) is 2. The maximum atomic E-state index is 5.79. The quantitative estimate of drug-likeness (QED) is 0.666. The zero-order chi connectivity index (χ0) is 11.8. The van der Waals surface area contributed by atoms with Crippen LogP contribution in [0.4, 0.5) is 5.69 Å². The summed E-state index contributed by atoms with van der Waals surface area (Å²) in [5.74, 6) is 0. The highest BCUT2D eigenvalue weighted by Crippen LogP contribution is 2.29. The summed E-state index contributed by atoms with van der Waals surface area (Å²) in [5.41, 5.74) is 10.9. The molecule has 0 aliphatic carbocycles. The van der Waals surface area contributed by atoms with Crippen LogP contribution in [0.5, 0.6) is 0 Å². The van der Waals surface area contributed by atoms with Crippen molar-refractivity contribution in [2.45, 2.75) is 6.92 Å². The molecule has 0 bridgehead atoms. The van der Waals surface area contributed by atoms with Gasteiger partial charge in [-0.05, 0) is 24.6 Å². The summed E-state index contributed by atoms with van der Waals surface area (Å²) in [4.78, 5) is 7.66. The standard InChI is InChI=1S/C14H13N3/c1-9-3-2-4-11-12(8-17-14(9)11)13-7-10(15)5-6-16-13/h2-8,17H,1H3,(H2,15,16). The van der Waals surface area contributed by atoms with Gasteiger partial charge in [0.05, 0.1) is 5.69 Å². The van der Waals surface area contributed by atoms with E-state index in [0.717, 1.165) is 22.5 Å². The Hall–Kier alpha value is -2.29. The first-order valence-corrected chi connectivity index (χ1v) is 5.54. The van der Waals surface area contributed by atoms with Crippen molar-refractivity contribution in [1.29, 1.82) is 0 Å². The molecule has 0 aliphatic heterocycles. The Labute approximate surface area is 99.3 Å². The zero-order valence-electron chi connectivity index (χ0n) is 9.57. The van der Waals surface area contributed by atoms with Gasteiger partial charge in [0.2, 0.25) is 0 Å². The third-order valence-electron chi connectivity index (χ3n) is 2.98. The second kappa shape index (κ2) is 3.63. The maximum Gasteiger partial charge on any atom is 0.0743 e. The lowest BCUT2D eigenvalue weighted by Gasteiger charge is -2.00. The number of benzene rings is 1. The highest BCUT2D eigenvalue weighted by molar-refractivity contribution is 5.96. The fourth-order valence-corrected chi connectivity index (χ4v) is 2.11. The molecule has 3 aromatic rings. The normalized spacial score (nSPS) is 10.9. The number of rotatable bonds is 1. The van der Waals surface area contributed by atoms with Crippen LogP contribution in [0, 0.1) is 6.92 Å². The first kappa shape index (κ1) is 9.90. The van der Waals surface area contributed by atoms with Crippen LogP contribution in [-0.2, 0) is 0 Å². The molecule has 84 valence electrons. The van der Waals surface area contributed by atoms with Crippen molar-refractivity contribution in [2.24, 2.45) is 0 Å². The molecule has 0 amide bonds. The van der Waals surface area contributed by atoms with Gasteiger partial charge in [-0.1, -0.05) is 18.2 Å². The first-order chi connectivity index (χ1) is 8.25. The van der Waals surface area contributed by atoms with Crippen LogP contribution >= 0.6 is 0 Å². The number of nitrogen functional groups attached to an aromatic ring is 1. The summed E-state index contributed by atoms with van der Waals surface area (Å²) >= 11 is 0. The van der Waals surface area contributed by atoms with Crippen LogP contribution in [0.3, 0.4) is 0 Å². The molecule has 0 fully saturated rings. The smallest absolute Gasteiger partial charge is 0.0743 e. The Morgan fingerprint density at radius 3 is 2.94 bits per heavy atom. The Kier molecular flexibility index (Phi) is 2.11. The summed E-state index contributed by atoms with van der Waals surface area (Å²) in [7, 11) is 0. The summed E-state index contributed by atoms with van der Waals surface area (Å²) in [6.07, 6.45) is 3.72. The molecule has 3 N–H and O–H groups in total. The van der Waals surface area contributed by atoms with Gasteiger partial charge in [-0.3, -0.25) is 4.98 Å². The number of aryl methyl sites for hydroxylation is 1. The zero-order valence-corrected chi connectivity index (χ0v) is 9.57. The van der Waals surface area contributed by atoms with Crippen molar-refractivity contribution in [3.8, 4) is 11.3 Å². The minimum atomic E-state index is 0.733. The number of nitrogens with one attached hydrogen (secondary N) is 1. The number of nitrogens with two attached hydrogens (primary N) is 1. The van der Waals surface area contributed by atoms with Crippen LogP contribution in [-0.4, -0.2) is 9.97 Å². The lowest BCUT2D eigenvalue weighted by Crippen LogP contribution is -1.87. The predicted octanol–water partition coefficient (Wildman–Crippen LogP) is 3.12. The van der Waals surface area contributed by atoms with Gasteiger partial charge in [-0.2, -0.15) is 0 Å². The molecule has 0 atom stereocenters. The predicted molar refractivity (Wildman–Crippen MR) is 70.7 cm³/mol. The van der Waals surface area contributed by atoms with E-state index in [2.05, 4.69) is 35.1 Å². The van der Waals surface area contributed by atoms with E-state index >= 15 is 0 Å². The van der Waals surface area contributed by atoms with Gasteiger partial charge >= 0.3 is 0 Å². The SMILES string of the molecule is Cc1cccc2c(-c3cc(N)ccn3)c[nH]c12. The van der Waals surface area contributed by atoms with Gasteiger partial charge in [0.25, 0.3) is 0 Å². The third-order valence-corrected chi connectivity index (χ3v) is 2.98. The lowest BCUT2D eigenvalue weighted by atomic mass is 10.1. The second-order valence-electron chi connectivity index (χ2n) is 4.17. The molecular formula is C14H13N3. The number of nitrogens with zero attached hydrogens (tertiary/aromatic N) is 1. The van der Waals surface area contributed by atoms with Gasteiger partial charge in [-0.25, -0.2) is 0 Å². The Morgan fingerprint density at radius 2 is 2.12 bits per heavy atom. The lowest BCUT2D eigenvalue weighted by molar-refractivity contribution is 1.33. The van der Waals surface area contributed by atoms with E-state index in [1.165, 1.54) is 10.9 Å². The number of para-hydroxylation sites is 1.